The fraction of sp³-hybridized carbons (Fsp3) is 0.182. The van der Waals surface area contributed by atoms with Crippen molar-refractivity contribution in [2.45, 2.75) is 13.8 Å². The Balaban J connectivity index is 1.61. The van der Waals surface area contributed by atoms with Gasteiger partial charge in [-0.3, -0.25) is 4.79 Å². The highest BCUT2D eigenvalue weighted by atomic mass is 19.1. The van der Waals surface area contributed by atoms with Crippen LogP contribution < -0.4 is 15.5 Å². The molecule has 5 nitrogen and oxygen atoms in total. The Kier molecular flexibility index (Phi) is 6.22. The molecule has 3 aromatic rings. The number of hydrogen-bond acceptors (Lipinski definition) is 4. The molecule has 0 spiro atoms. The Labute approximate surface area is 164 Å². The van der Waals surface area contributed by atoms with Crippen LogP contribution in [0.5, 0.6) is 0 Å². The highest BCUT2D eigenvalue weighted by Gasteiger charge is 2.07. The van der Waals surface area contributed by atoms with Crippen LogP contribution in [-0.2, 0) is 0 Å². The zero-order valence-electron chi connectivity index (χ0n) is 15.9. The van der Waals surface area contributed by atoms with Gasteiger partial charge in [0, 0.05) is 30.0 Å². The Morgan fingerprint density at radius 2 is 1.57 bits per heavy atom. The third-order valence-electron chi connectivity index (χ3n) is 4.40. The minimum absolute atomic E-state index is 0.311. The van der Waals surface area contributed by atoms with Gasteiger partial charge in [-0.2, -0.15) is 0 Å². The van der Waals surface area contributed by atoms with E-state index in [-0.39, 0.29) is 11.7 Å². The van der Waals surface area contributed by atoms with Crippen LogP contribution >= 0.6 is 0 Å². The number of anilines is 4. The highest BCUT2D eigenvalue weighted by molar-refractivity contribution is 6.04. The molecule has 0 atom stereocenters. The van der Waals surface area contributed by atoms with Crippen LogP contribution in [0.1, 0.15) is 24.2 Å². The number of nitrogens with zero attached hydrogens (tertiary/aromatic N) is 2. The average molecular weight is 378 g/mol. The average Bonchev–Trinajstić information content (AvgIpc) is 2.72. The van der Waals surface area contributed by atoms with Crippen LogP contribution in [-0.4, -0.2) is 24.0 Å². The molecule has 0 radical (unpaired) electrons. The van der Waals surface area contributed by atoms with Gasteiger partial charge in [0.2, 0.25) is 0 Å². The molecule has 0 fully saturated rings. The summed E-state index contributed by atoms with van der Waals surface area (Å²) in [5.74, 6) is -0.0105. The highest BCUT2D eigenvalue weighted by Crippen LogP contribution is 2.21. The van der Waals surface area contributed by atoms with E-state index in [1.165, 1.54) is 30.0 Å². The van der Waals surface area contributed by atoms with Gasteiger partial charge in [0.25, 0.3) is 5.91 Å². The van der Waals surface area contributed by atoms with Crippen LogP contribution in [0.25, 0.3) is 0 Å². The van der Waals surface area contributed by atoms with Crippen molar-refractivity contribution >= 4 is 28.8 Å². The van der Waals surface area contributed by atoms with E-state index in [0.717, 1.165) is 18.8 Å². The molecule has 0 aliphatic rings. The molecule has 0 aliphatic carbocycles. The van der Waals surface area contributed by atoms with Crippen molar-refractivity contribution in [2.24, 2.45) is 0 Å². The molecule has 0 unspecified atom stereocenters. The summed E-state index contributed by atoms with van der Waals surface area (Å²) in [6, 6.07) is 17.1. The number of nitrogens with one attached hydrogen (secondary N) is 2. The standard InChI is InChI=1S/C22H23FN4O/c1-3-27(4-2)20-12-9-18(10-13-20)25-21-14-11-19(15-24-21)26-22(28)16-5-7-17(23)8-6-16/h5-15H,3-4H2,1-2H3,(H,24,25)(H,26,28). The second-order valence-corrected chi connectivity index (χ2v) is 6.24. The van der Waals surface area contributed by atoms with Crippen LogP contribution in [0.4, 0.5) is 27.3 Å². The van der Waals surface area contributed by atoms with Crippen LogP contribution in [0.2, 0.25) is 0 Å². The zero-order valence-corrected chi connectivity index (χ0v) is 15.9. The Bertz CT molecular complexity index is 905. The van der Waals surface area contributed by atoms with E-state index in [1.807, 2.05) is 12.1 Å². The summed E-state index contributed by atoms with van der Waals surface area (Å²) in [5, 5.41) is 5.98. The largest absolute Gasteiger partial charge is 0.372 e. The molecule has 0 aliphatic heterocycles. The van der Waals surface area contributed by atoms with E-state index in [4.69, 9.17) is 0 Å². The van der Waals surface area contributed by atoms with E-state index in [1.54, 1.807) is 18.3 Å². The Morgan fingerprint density at radius 1 is 0.929 bits per heavy atom. The van der Waals surface area contributed by atoms with Crippen molar-refractivity contribution in [3.63, 3.8) is 0 Å². The molecule has 1 aromatic heterocycles. The van der Waals surface area contributed by atoms with E-state index in [0.29, 0.717) is 17.1 Å². The summed E-state index contributed by atoms with van der Waals surface area (Å²) in [6.07, 6.45) is 1.58. The van der Waals surface area contributed by atoms with Gasteiger partial charge in [0.15, 0.2) is 0 Å². The smallest absolute Gasteiger partial charge is 0.255 e. The van der Waals surface area contributed by atoms with Crippen molar-refractivity contribution < 1.29 is 9.18 Å². The molecule has 2 aromatic carbocycles. The van der Waals surface area contributed by atoms with E-state index < -0.39 is 0 Å². The molecule has 28 heavy (non-hydrogen) atoms. The zero-order chi connectivity index (χ0) is 19.9. The molecule has 0 saturated carbocycles. The quantitative estimate of drug-likeness (QED) is 0.603. The van der Waals surface area contributed by atoms with Gasteiger partial charge in [-0.1, -0.05) is 0 Å². The lowest BCUT2D eigenvalue weighted by molar-refractivity contribution is 0.102. The van der Waals surface area contributed by atoms with Gasteiger partial charge >= 0.3 is 0 Å². The first-order valence-corrected chi connectivity index (χ1v) is 9.24. The molecular weight excluding hydrogens is 355 g/mol. The number of rotatable bonds is 7. The number of benzene rings is 2. The minimum atomic E-state index is -0.376. The van der Waals surface area contributed by atoms with Crippen LogP contribution in [0, 0.1) is 5.82 Å². The topological polar surface area (TPSA) is 57.3 Å². The summed E-state index contributed by atoms with van der Waals surface area (Å²) in [4.78, 5) is 18.8. The maximum Gasteiger partial charge on any atom is 0.255 e. The van der Waals surface area contributed by atoms with Gasteiger partial charge in [-0.05, 0) is 74.5 Å². The van der Waals surface area contributed by atoms with Crippen molar-refractivity contribution in [1.82, 2.24) is 4.98 Å². The lowest BCUT2D eigenvalue weighted by atomic mass is 10.2. The first-order valence-electron chi connectivity index (χ1n) is 9.24. The number of halogens is 1. The SMILES string of the molecule is CCN(CC)c1ccc(Nc2ccc(NC(=O)c3ccc(F)cc3)cn2)cc1. The van der Waals surface area contributed by atoms with Crippen molar-refractivity contribution in [2.75, 3.05) is 28.6 Å². The van der Waals surface area contributed by atoms with E-state index in [9.17, 15) is 9.18 Å². The fourth-order valence-electron chi connectivity index (χ4n) is 2.84. The number of hydrogen-bond donors (Lipinski definition) is 2. The molecular formula is C22H23FN4O. The summed E-state index contributed by atoms with van der Waals surface area (Å²) in [5.41, 5.74) is 3.07. The Hall–Kier alpha value is -3.41. The van der Waals surface area contributed by atoms with Gasteiger partial charge in [0.05, 0.1) is 11.9 Å². The number of aromatic nitrogens is 1. The van der Waals surface area contributed by atoms with Crippen LogP contribution in [0.3, 0.4) is 0 Å². The molecule has 0 bridgehead atoms. The molecule has 144 valence electrons. The second kappa shape index (κ2) is 8.99. The predicted molar refractivity (Wildman–Crippen MR) is 112 cm³/mol. The predicted octanol–water partition coefficient (Wildman–Crippen LogP) is 5.06. The molecule has 0 saturated heterocycles. The first-order chi connectivity index (χ1) is 13.6. The number of carbonyl (C=O) groups is 1. The minimum Gasteiger partial charge on any atom is -0.372 e. The molecule has 6 heteroatoms. The summed E-state index contributed by atoms with van der Waals surface area (Å²) in [7, 11) is 0. The van der Waals surface area contributed by atoms with Crippen LogP contribution in [0.15, 0.2) is 66.9 Å². The lowest BCUT2D eigenvalue weighted by Gasteiger charge is -2.21. The molecule has 1 amide bonds. The maximum atomic E-state index is 12.9. The van der Waals surface area contributed by atoms with Crippen molar-refractivity contribution in [1.29, 1.82) is 0 Å². The van der Waals surface area contributed by atoms with Gasteiger partial charge in [-0.15, -0.1) is 0 Å². The molecule has 1 heterocycles. The summed E-state index contributed by atoms with van der Waals surface area (Å²) < 4.78 is 12.9. The molecule has 3 rings (SSSR count). The fourth-order valence-corrected chi connectivity index (χ4v) is 2.84. The first kappa shape index (κ1) is 19.4. The van der Waals surface area contributed by atoms with Gasteiger partial charge in [0.1, 0.15) is 11.6 Å². The second-order valence-electron chi connectivity index (χ2n) is 6.24. The summed E-state index contributed by atoms with van der Waals surface area (Å²) >= 11 is 0. The lowest BCUT2D eigenvalue weighted by Crippen LogP contribution is -2.21. The van der Waals surface area contributed by atoms with Gasteiger partial charge < -0.3 is 15.5 Å². The number of pyridine rings is 1. The monoisotopic (exact) mass is 378 g/mol. The number of amides is 1. The van der Waals surface area contributed by atoms with Gasteiger partial charge in [-0.25, -0.2) is 9.37 Å². The maximum absolute atomic E-state index is 12.9. The summed E-state index contributed by atoms with van der Waals surface area (Å²) in [6.45, 7) is 6.21. The van der Waals surface area contributed by atoms with E-state index in [2.05, 4.69) is 46.5 Å². The Morgan fingerprint density at radius 3 is 2.14 bits per heavy atom. The number of carbonyl (C=O) groups excluding carboxylic acids is 1. The molecule has 2 N–H and O–H groups in total. The normalized spacial score (nSPS) is 10.4. The van der Waals surface area contributed by atoms with Crippen molar-refractivity contribution in [3.8, 4) is 0 Å². The third kappa shape index (κ3) is 4.85. The third-order valence-corrected chi connectivity index (χ3v) is 4.40. The van der Waals surface area contributed by atoms with Crippen molar-refractivity contribution in [3.05, 3.63) is 78.2 Å². The van der Waals surface area contributed by atoms with E-state index >= 15 is 0 Å².